The third-order valence-electron chi connectivity index (χ3n) is 1.64. The smallest absolute Gasteiger partial charge is 0.404 e. The second kappa shape index (κ2) is 6.49. The largest absolute Gasteiger partial charge is 0.465 e. The van der Waals surface area contributed by atoms with E-state index < -0.39 is 6.09 Å². The van der Waals surface area contributed by atoms with E-state index in [1.165, 1.54) is 0 Å². The topological polar surface area (TPSA) is 87.1 Å². The lowest BCUT2D eigenvalue weighted by atomic mass is 10.4. The van der Waals surface area contributed by atoms with Crippen LogP contribution in [0.1, 0.15) is 6.42 Å². The third-order valence-corrected chi connectivity index (χ3v) is 2.40. The maximum atomic E-state index is 10.2. The Kier molecular flexibility index (Phi) is 5.27. The summed E-state index contributed by atoms with van der Waals surface area (Å²) in [5.74, 6) is 0.593. The summed E-state index contributed by atoms with van der Waals surface area (Å²) in [5.41, 5.74) is 0. The maximum absolute atomic E-state index is 10.2. The number of nitrogens with one attached hydrogen (secondary N) is 2. The lowest BCUT2D eigenvalue weighted by Gasteiger charge is -2.07. The zero-order chi connectivity index (χ0) is 12.0. The van der Waals surface area contributed by atoms with E-state index >= 15 is 0 Å². The van der Waals surface area contributed by atoms with E-state index in [9.17, 15) is 4.79 Å². The molecule has 1 aromatic rings. The second-order valence-corrected chi connectivity index (χ2v) is 4.04. The molecule has 0 fully saturated rings. The molecule has 1 rings (SSSR count). The molecule has 0 aliphatic carbocycles. The molecule has 0 aliphatic heterocycles. The number of hydrogen-bond acceptors (Lipinski definition) is 4. The number of carbonyl (C=O) groups is 1. The van der Waals surface area contributed by atoms with Gasteiger partial charge in [0.1, 0.15) is 5.82 Å². The molecule has 1 aromatic heterocycles. The average molecular weight is 310 g/mol. The molecule has 0 atom stereocenters. The van der Waals surface area contributed by atoms with Crippen molar-refractivity contribution in [2.24, 2.45) is 0 Å². The molecular weight excluding hydrogens is 299 g/mol. The standard InChI is InChI=1S/C8H10BrClN4O2/c9-5-4-13-7(10)14-6(5)11-2-1-3-12-8(15)16/h4,12H,1-3H2,(H,15,16)(H,11,13,14). The number of nitrogens with zero attached hydrogens (tertiary/aromatic N) is 2. The lowest BCUT2D eigenvalue weighted by Crippen LogP contribution is -2.23. The first-order valence-corrected chi connectivity index (χ1v) is 5.65. The Bertz CT molecular complexity index is 377. The molecule has 1 heterocycles. The van der Waals surface area contributed by atoms with Crippen molar-refractivity contribution in [2.45, 2.75) is 6.42 Å². The number of aromatic nitrogens is 2. The van der Waals surface area contributed by atoms with Gasteiger partial charge in [-0.15, -0.1) is 0 Å². The van der Waals surface area contributed by atoms with Crippen molar-refractivity contribution in [3.63, 3.8) is 0 Å². The lowest BCUT2D eigenvalue weighted by molar-refractivity contribution is 0.194. The highest BCUT2D eigenvalue weighted by atomic mass is 79.9. The highest BCUT2D eigenvalue weighted by molar-refractivity contribution is 9.10. The molecule has 3 N–H and O–H groups in total. The van der Waals surface area contributed by atoms with Gasteiger partial charge in [-0.25, -0.2) is 9.78 Å². The molecule has 0 unspecified atom stereocenters. The summed E-state index contributed by atoms with van der Waals surface area (Å²) in [7, 11) is 0. The van der Waals surface area contributed by atoms with Crippen molar-refractivity contribution < 1.29 is 9.90 Å². The molecule has 6 nitrogen and oxygen atoms in total. The van der Waals surface area contributed by atoms with Gasteiger partial charge in [0.2, 0.25) is 5.28 Å². The summed E-state index contributed by atoms with van der Waals surface area (Å²) >= 11 is 8.89. The fourth-order valence-corrected chi connectivity index (χ4v) is 1.42. The molecule has 88 valence electrons. The Hall–Kier alpha value is -1.08. The molecule has 0 saturated heterocycles. The van der Waals surface area contributed by atoms with E-state index in [-0.39, 0.29) is 5.28 Å². The van der Waals surface area contributed by atoms with Crippen LogP contribution in [0.25, 0.3) is 0 Å². The molecule has 0 aromatic carbocycles. The van der Waals surface area contributed by atoms with Crippen LogP contribution in [0.4, 0.5) is 10.6 Å². The van der Waals surface area contributed by atoms with Gasteiger partial charge < -0.3 is 15.7 Å². The summed E-state index contributed by atoms with van der Waals surface area (Å²) in [6.07, 6.45) is 1.18. The van der Waals surface area contributed by atoms with Crippen LogP contribution in [0.15, 0.2) is 10.7 Å². The minimum absolute atomic E-state index is 0.161. The summed E-state index contributed by atoms with van der Waals surface area (Å²) in [6.45, 7) is 0.977. The fraction of sp³-hybridized carbons (Fsp3) is 0.375. The number of halogens is 2. The van der Waals surface area contributed by atoms with Crippen molar-refractivity contribution in [2.75, 3.05) is 18.4 Å². The normalized spacial score (nSPS) is 9.88. The average Bonchev–Trinajstić information content (AvgIpc) is 2.22. The molecular formula is C8H10BrClN4O2. The van der Waals surface area contributed by atoms with Crippen molar-refractivity contribution in [1.29, 1.82) is 0 Å². The van der Waals surface area contributed by atoms with Crippen LogP contribution < -0.4 is 10.6 Å². The van der Waals surface area contributed by atoms with Gasteiger partial charge in [0, 0.05) is 19.3 Å². The highest BCUT2D eigenvalue weighted by Gasteiger charge is 2.02. The monoisotopic (exact) mass is 308 g/mol. The van der Waals surface area contributed by atoms with E-state index in [4.69, 9.17) is 16.7 Å². The maximum Gasteiger partial charge on any atom is 0.404 e. The molecule has 1 amide bonds. The summed E-state index contributed by atoms with van der Waals surface area (Å²) in [5, 5.41) is 13.8. The van der Waals surface area contributed by atoms with Crippen LogP contribution in [-0.2, 0) is 0 Å². The molecule has 0 radical (unpaired) electrons. The van der Waals surface area contributed by atoms with Crippen molar-refractivity contribution in [3.8, 4) is 0 Å². The van der Waals surface area contributed by atoms with Gasteiger partial charge in [0.15, 0.2) is 0 Å². The van der Waals surface area contributed by atoms with E-state index in [1.807, 2.05) is 0 Å². The third kappa shape index (κ3) is 4.63. The minimum Gasteiger partial charge on any atom is -0.465 e. The van der Waals surface area contributed by atoms with Gasteiger partial charge in [-0.3, -0.25) is 0 Å². The number of amides is 1. The van der Waals surface area contributed by atoms with Gasteiger partial charge in [-0.2, -0.15) is 4.98 Å². The Morgan fingerprint density at radius 1 is 1.56 bits per heavy atom. The number of anilines is 1. The first-order chi connectivity index (χ1) is 7.59. The van der Waals surface area contributed by atoms with E-state index in [0.717, 1.165) is 0 Å². The number of rotatable bonds is 5. The molecule has 0 aliphatic rings. The first-order valence-electron chi connectivity index (χ1n) is 4.48. The predicted molar refractivity (Wildman–Crippen MR) is 63.9 cm³/mol. The Balaban J connectivity index is 2.31. The summed E-state index contributed by atoms with van der Waals surface area (Å²) in [4.78, 5) is 17.9. The van der Waals surface area contributed by atoms with Crippen LogP contribution in [0.5, 0.6) is 0 Å². The van der Waals surface area contributed by atoms with Gasteiger partial charge in [-0.05, 0) is 34.0 Å². The molecule has 8 heteroatoms. The minimum atomic E-state index is -1.02. The Labute approximate surface area is 106 Å². The predicted octanol–water partition coefficient (Wildman–Crippen LogP) is 1.96. The SMILES string of the molecule is O=C(O)NCCCNc1nc(Cl)ncc1Br. The van der Waals surface area contributed by atoms with Gasteiger partial charge in [-0.1, -0.05) is 0 Å². The number of hydrogen-bond donors (Lipinski definition) is 3. The van der Waals surface area contributed by atoms with Gasteiger partial charge in [0.25, 0.3) is 0 Å². The zero-order valence-corrected chi connectivity index (χ0v) is 10.5. The molecule has 0 saturated carbocycles. The second-order valence-electron chi connectivity index (χ2n) is 2.85. The molecule has 0 bridgehead atoms. The van der Waals surface area contributed by atoms with Gasteiger partial charge >= 0.3 is 6.09 Å². The van der Waals surface area contributed by atoms with Crippen LogP contribution in [0.2, 0.25) is 5.28 Å². The Morgan fingerprint density at radius 2 is 2.31 bits per heavy atom. The van der Waals surface area contributed by atoms with E-state index in [0.29, 0.717) is 29.8 Å². The highest BCUT2D eigenvalue weighted by Crippen LogP contribution is 2.19. The van der Waals surface area contributed by atoms with Crippen LogP contribution in [0, 0.1) is 0 Å². The fourth-order valence-electron chi connectivity index (χ4n) is 0.960. The quantitative estimate of drug-likeness (QED) is 0.572. The zero-order valence-electron chi connectivity index (χ0n) is 8.20. The van der Waals surface area contributed by atoms with E-state index in [2.05, 4.69) is 36.5 Å². The van der Waals surface area contributed by atoms with Crippen molar-refractivity contribution in [3.05, 3.63) is 16.0 Å². The summed E-state index contributed by atoms with van der Waals surface area (Å²) < 4.78 is 0.711. The molecule has 16 heavy (non-hydrogen) atoms. The van der Waals surface area contributed by atoms with Crippen molar-refractivity contribution in [1.82, 2.24) is 15.3 Å². The van der Waals surface area contributed by atoms with Gasteiger partial charge in [0.05, 0.1) is 4.47 Å². The van der Waals surface area contributed by atoms with Crippen molar-refractivity contribution >= 4 is 39.4 Å². The van der Waals surface area contributed by atoms with Crippen LogP contribution >= 0.6 is 27.5 Å². The summed E-state index contributed by atoms with van der Waals surface area (Å²) in [6, 6.07) is 0. The first kappa shape index (κ1) is 13.0. The Morgan fingerprint density at radius 3 is 3.00 bits per heavy atom. The van der Waals surface area contributed by atoms with Crippen LogP contribution in [-0.4, -0.2) is 34.3 Å². The molecule has 0 spiro atoms. The van der Waals surface area contributed by atoms with Crippen LogP contribution in [0.3, 0.4) is 0 Å². The number of carboxylic acid groups (broad SMARTS) is 1. The van der Waals surface area contributed by atoms with E-state index in [1.54, 1.807) is 6.20 Å².